The van der Waals surface area contributed by atoms with E-state index in [1.165, 1.54) is 0 Å². The summed E-state index contributed by atoms with van der Waals surface area (Å²) in [4.78, 5) is 11.1. The van der Waals surface area contributed by atoms with Crippen LogP contribution in [0.4, 0.5) is 0 Å². The van der Waals surface area contributed by atoms with Gasteiger partial charge in [0.1, 0.15) is 0 Å². The summed E-state index contributed by atoms with van der Waals surface area (Å²) in [5.41, 5.74) is 5.35. The van der Waals surface area contributed by atoms with Crippen LogP contribution in [0.3, 0.4) is 0 Å². The van der Waals surface area contributed by atoms with Gasteiger partial charge in [-0.05, 0) is 18.8 Å². The van der Waals surface area contributed by atoms with E-state index in [1.807, 2.05) is 13.8 Å². The Labute approximate surface area is 67.3 Å². The molecule has 0 aromatic heterocycles. The molecule has 64 valence electrons. The summed E-state index contributed by atoms with van der Waals surface area (Å²) in [6.07, 6.45) is 2.44. The Kier molecular flexibility index (Phi) is 2.18. The van der Waals surface area contributed by atoms with E-state index in [9.17, 15) is 4.79 Å². The van der Waals surface area contributed by atoms with Crippen LogP contribution in [0.2, 0.25) is 0 Å². The molecule has 0 unspecified atom stereocenters. The summed E-state index contributed by atoms with van der Waals surface area (Å²) in [5.74, 6) is 0.498. The molecule has 0 atom stereocenters. The first-order valence-corrected chi connectivity index (χ1v) is 4.12. The zero-order chi connectivity index (χ0) is 8.48. The van der Waals surface area contributed by atoms with Gasteiger partial charge < -0.3 is 11.1 Å². The Balaban J connectivity index is 2.21. The van der Waals surface area contributed by atoms with Gasteiger partial charge in [-0.2, -0.15) is 0 Å². The van der Waals surface area contributed by atoms with E-state index >= 15 is 0 Å². The summed E-state index contributed by atoms with van der Waals surface area (Å²) in [5, 5.41) is 2.80. The monoisotopic (exact) mass is 156 g/mol. The molecule has 1 aliphatic rings. The van der Waals surface area contributed by atoms with E-state index in [0.717, 1.165) is 12.8 Å². The second-order valence-corrected chi connectivity index (χ2v) is 3.80. The van der Waals surface area contributed by atoms with Crippen LogP contribution in [-0.2, 0) is 4.79 Å². The molecule has 0 aliphatic heterocycles. The van der Waals surface area contributed by atoms with Crippen LogP contribution in [0.1, 0.15) is 33.1 Å². The summed E-state index contributed by atoms with van der Waals surface area (Å²) in [6.45, 7) is 4.05. The zero-order valence-corrected chi connectivity index (χ0v) is 7.18. The molecule has 1 amide bonds. The first kappa shape index (κ1) is 8.53. The van der Waals surface area contributed by atoms with Gasteiger partial charge in [0.2, 0.25) is 5.91 Å². The minimum absolute atomic E-state index is 0.0833. The molecule has 1 saturated carbocycles. The van der Waals surface area contributed by atoms with Gasteiger partial charge in [-0.3, -0.25) is 4.79 Å². The third-order valence-electron chi connectivity index (χ3n) is 1.77. The van der Waals surface area contributed by atoms with Crippen molar-refractivity contribution in [2.75, 3.05) is 0 Å². The fourth-order valence-corrected chi connectivity index (χ4v) is 0.959. The third-order valence-corrected chi connectivity index (χ3v) is 1.77. The number of carbonyl (C=O) groups is 1. The number of hydrogen-bond donors (Lipinski definition) is 2. The number of rotatable bonds is 3. The Morgan fingerprint density at radius 2 is 2.18 bits per heavy atom. The molecule has 11 heavy (non-hydrogen) atoms. The van der Waals surface area contributed by atoms with Gasteiger partial charge in [-0.25, -0.2) is 0 Å². The van der Waals surface area contributed by atoms with Crippen LogP contribution >= 0.6 is 0 Å². The molecule has 0 bridgehead atoms. The fourth-order valence-electron chi connectivity index (χ4n) is 0.959. The number of nitrogens with two attached hydrogens (primary N) is 1. The summed E-state index contributed by atoms with van der Waals surface area (Å²) < 4.78 is 0. The Morgan fingerprint density at radius 1 is 1.64 bits per heavy atom. The van der Waals surface area contributed by atoms with Crippen LogP contribution in [0, 0.1) is 5.92 Å². The van der Waals surface area contributed by atoms with Crippen molar-refractivity contribution in [2.45, 2.75) is 38.8 Å². The average molecular weight is 156 g/mol. The van der Waals surface area contributed by atoms with Crippen molar-refractivity contribution in [1.29, 1.82) is 0 Å². The number of amides is 1. The Bertz CT molecular complexity index is 161. The molecule has 3 N–H and O–H groups in total. The van der Waals surface area contributed by atoms with Crippen molar-refractivity contribution >= 4 is 5.91 Å². The van der Waals surface area contributed by atoms with E-state index in [-0.39, 0.29) is 11.6 Å². The minimum atomic E-state index is -0.341. The highest BCUT2D eigenvalue weighted by Crippen LogP contribution is 2.28. The lowest BCUT2D eigenvalue weighted by molar-refractivity contribution is -0.122. The number of carbonyl (C=O) groups excluding carboxylic acids is 1. The van der Waals surface area contributed by atoms with Crippen molar-refractivity contribution in [3.63, 3.8) is 0 Å². The van der Waals surface area contributed by atoms with Crippen LogP contribution in [0.5, 0.6) is 0 Å². The molecule has 0 radical (unpaired) electrons. The first-order chi connectivity index (χ1) is 5.02. The second kappa shape index (κ2) is 2.81. The summed E-state index contributed by atoms with van der Waals surface area (Å²) in [6, 6.07) is 0. The minimum Gasteiger partial charge on any atom is -0.338 e. The maximum Gasteiger partial charge on any atom is 0.221 e. The lowest BCUT2D eigenvalue weighted by Crippen LogP contribution is -2.44. The number of hydrogen-bond acceptors (Lipinski definition) is 2. The largest absolute Gasteiger partial charge is 0.338 e. The number of nitrogens with one attached hydrogen (secondary N) is 1. The van der Waals surface area contributed by atoms with Crippen molar-refractivity contribution < 1.29 is 4.79 Å². The highest BCUT2D eigenvalue weighted by atomic mass is 16.1. The first-order valence-electron chi connectivity index (χ1n) is 4.12. The van der Waals surface area contributed by atoms with Crippen molar-refractivity contribution in [3.05, 3.63) is 0 Å². The van der Waals surface area contributed by atoms with E-state index in [1.54, 1.807) is 0 Å². The molecule has 3 heteroatoms. The predicted octanol–water partition coefficient (Wildman–Crippen LogP) is 0.598. The quantitative estimate of drug-likeness (QED) is 0.588. The molecule has 0 heterocycles. The maximum absolute atomic E-state index is 11.1. The topological polar surface area (TPSA) is 55.1 Å². The van der Waals surface area contributed by atoms with E-state index in [2.05, 4.69) is 5.32 Å². The normalized spacial score (nSPS) is 20.0. The van der Waals surface area contributed by atoms with E-state index in [4.69, 9.17) is 5.73 Å². The van der Waals surface area contributed by atoms with Crippen LogP contribution in [-0.4, -0.2) is 11.6 Å². The van der Waals surface area contributed by atoms with Gasteiger partial charge >= 0.3 is 0 Å². The van der Waals surface area contributed by atoms with Crippen LogP contribution in [0.15, 0.2) is 0 Å². The Morgan fingerprint density at radius 3 is 2.55 bits per heavy atom. The summed E-state index contributed by atoms with van der Waals surface area (Å²) >= 11 is 0. The van der Waals surface area contributed by atoms with E-state index in [0.29, 0.717) is 12.3 Å². The molecule has 0 saturated heterocycles. The molecular formula is C8H16N2O. The highest BCUT2D eigenvalue weighted by molar-refractivity contribution is 5.77. The smallest absolute Gasteiger partial charge is 0.221 e. The van der Waals surface area contributed by atoms with Gasteiger partial charge in [0.15, 0.2) is 0 Å². The predicted molar refractivity (Wildman–Crippen MR) is 43.8 cm³/mol. The van der Waals surface area contributed by atoms with Crippen molar-refractivity contribution in [2.24, 2.45) is 11.7 Å². The van der Waals surface area contributed by atoms with Crippen molar-refractivity contribution in [1.82, 2.24) is 5.32 Å². The Hall–Kier alpha value is -0.570. The third kappa shape index (κ3) is 2.89. The lowest BCUT2D eigenvalue weighted by atomic mass is 10.1. The van der Waals surface area contributed by atoms with Gasteiger partial charge in [0.25, 0.3) is 0 Å². The van der Waals surface area contributed by atoms with E-state index < -0.39 is 0 Å². The lowest BCUT2D eigenvalue weighted by Gasteiger charge is -2.12. The summed E-state index contributed by atoms with van der Waals surface area (Å²) in [7, 11) is 0. The van der Waals surface area contributed by atoms with Gasteiger partial charge in [-0.15, -0.1) is 0 Å². The van der Waals surface area contributed by atoms with Gasteiger partial charge in [0.05, 0.1) is 5.66 Å². The highest BCUT2D eigenvalue weighted by Gasteiger charge is 2.39. The van der Waals surface area contributed by atoms with Gasteiger partial charge in [0, 0.05) is 6.42 Å². The molecule has 0 spiro atoms. The SMILES string of the molecule is CC(C)CC(=O)NC1(N)CC1. The fraction of sp³-hybridized carbons (Fsp3) is 0.875. The molecule has 1 fully saturated rings. The molecule has 0 aromatic carbocycles. The second-order valence-electron chi connectivity index (χ2n) is 3.80. The van der Waals surface area contributed by atoms with Gasteiger partial charge in [-0.1, -0.05) is 13.8 Å². The molecule has 1 rings (SSSR count). The zero-order valence-electron chi connectivity index (χ0n) is 7.18. The standard InChI is InChI=1S/C8H16N2O/c1-6(2)5-7(11)10-8(9)3-4-8/h6H,3-5,9H2,1-2H3,(H,10,11). The van der Waals surface area contributed by atoms with Crippen LogP contribution < -0.4 is 11.1 Å². The molecule has 0 aromatic rings. The van der Waals surface area contributed by atoms with Crippen molar-refractivity contribution in [3.8, 4) is 0 Å². The molecule has 1 aliphatic carbocycles. The average Bonchev–Trinajstić information content (AvgIpc) is 2.44. The molecule has 3 nitrogen and oxygen atoms in total. The molecular weight excluding hydrogens is 140 g/mol. The maximum atomic E-state index is 11.1. The van der Waals surface area contributed by atoms with Crippen LogP contribution in [0.25, 0.3) is 0 Å².